The summed E-state index contributed by atoms with van der Waals surface area (Å²) in [6.45, 7) is 8.38. The van der Waals surface area contributed by atoms with E-state index in [1.807, 2.05) is 0 Å². The van der Waals surface area contributed by atoms with E-state index in [1.54, 1.807) is 0 Å². The molecule has 0 aromatic rings. The fraction of sp³-hybridized carbons (Fsp3) is 0.889. The van der Waals surface area contributed by atoms with E-state index >= 15 is 0 Å². The fourth-order valence-electron chi connectivity index (χ4n) is 0.917. The highest BCUT2D eigenvalue weighted by molar-refractivity contribution is 7.99. The predicted octanol–water partition coefficient (Wildman–Crippen LogP) is 3.52. The zero-order valence-corrected chi connectivity index (χ0v) is 8.04. The average molecular weight is 159 g/mol. The van der Waals surface area contributed by atoms with E-state index in [9.17, 15) is 0 Å². The summed E-state index contributed by atoms with van der Waals surface area (Å²) in [5, 5.41) is 0.873. The average Bonchev–Trinajstić information content (AvgIpc) is 1.98. The zero-order chi connectivity index (χ0) is 7.82. The van der Waals surface area contributed by atoms with Gasteiger partial charge in [0.1, 0.15) is 0 Å². The van der Waals surface area contributed by atoms with Crippen molar-refractivity contribution < 1.29 is 0 Å². The summed E-state index contributed by atoms with van der Waals surface area (Å²) in [7, 11) is 0. The molecule has 0 spiro atoms. The van der Waals surface area contributed by atoms with Crippen LogP contribution in [0.1, 0.15) is 39.5 Å². The molecule has 0 aliphatic rings. The lowest BCUT2D eigenvalue weighted by Gasteiger charge is -2.11. The highest BCUT2D eigenvalue weighted by Crippen LogP contribution is 2.19. The first-order valence-corrected chi connectivity index (χ1v) is 5.30. The molecule has 1 atom stereocenters. The van der Waals surface area contributed by atoms with Crippen LogP contribution in [0.2, 0.25) is 0 Å². The van der Waals surface area contributed by atoms with E-state index < -0.39 is 0 Å². The summed E-state index contributed by atoms with van der Waals surface area (Å²) in [5.74, 6) is 1.32. The Morgan fingerprint density at radius 3 is 2.50 bits per heavy atom. The van der Waals surface area contributed by atoms with Gasteiger partial charge in [-0.1, -0.05) is 27.2 Å². The number of hydrogen-bond donors (Lipinski definition) is 0. The zero-order valence-electron chi connectivity index (χ0n) is 7.23. The third-order valence-electron chi connectivity index (χ3n) is 1.54. The molecular weight excluding hydrogens is 140 g/mol. The Hall–Kier alpha value is 0.350. The molecule has 0 N–H and O–H groups in total. The van der Waals surface area contributed by atoms with Crippen molar-refractivity contribution in [2.45, 2.75) is 44.8 Å². The quantitative estimate of drug-likeness (QED) is 0.571. The van der Waals surface area contributed by atoms with Crippen molar-refractivity contribution in [1.82, 2.24) is 0 Å². The van der Waals surface area contributed by atoms with E-state index in [0.717, 1.165) is 11.7 Å². The molecule has 0 nitrogen and oxygen atoms in total. The Kier molecular flexibility index (Phi) is 7.72. The summed E-state index contributed by atoms with van der Waals surface area (Å²) in [4.78, 5) is 0. The molecular formula is C9H19S. The molecule has 1 heteroatoms. The standard InChI is InChI=1S/C9H19S/c1-4-7-9(6-3)10-8-5-2/h9H,1,4-8H2,2-3H3. The molecule has 0 saturated heterocycles. The summed E-state index contributed by atoms with van der Waals surface area (Å²) < 4.78 is 0. The molecule has 0 fully saturated rings. The molecule has 1 radical (unpaired) electrons. The van der Waals surface area contributed by atoms with Gasteiger partial charge in [0, 0.05) is 5.25 Å². The Bertz CT molecular complexity index is 61.7. The lowest BCUT2D eigenvalue weighted by molar-refractivity contribution is 0.746. The van der Waals surface area contributed by atoms with Crippen LogP contribution >= 0.6 is 11.8 Å². The third kappa shape index (κ3) is 5.16. The maximum absolute atomic E-state index is 3.87. The van der Waals surface area contributed by atoms with Crippen LogP contribution < -0.4 is 0 Å². The number of hydrogen-bond acceptors (Lipinski definition) is 1. The second kappa shape index (κ2) is 7.46. The van der Waals surface area contributed by atoms with Gasteiger partial charge in [-0.15, -0.1) is 0 Å². The van der Waals surface area contributed by atoms with Crippen LogP contribution in [-0.2, 0) is 0 Å². The van der Waals surface area contributed by atoms with Crippen LogP contribution in [-0.4, -0.2) is 11.0 Å². The smallest absolute Gasteiger partial charge is 0.00444 e. The van der Waals surface area contributed by atoms with Gasteiger partial charge in [0.2, 0.25) is 0 Å². The highest BCUT2D eigenvalue weighted by Gasteiger charge is 2.02. The Labute approximate surface area is 69.8 Å². The Morgan fingerprint density at radius 1 is 1.40 bits per heavy atom. The van der Waals surface area contributed by atoms with Crippen LogP contribution in [0.25, 0.3) is 0 Å². The van der Waals surface area contributed by atoms with Crippen LogP contribution in [0.3, 0.4) is 0 Å². The molecule has 0 aromatic carbocycles. The van der Waals surface area contributed by atoms with Gasteiger partial charge in [0.25, 0.3) is 0 Å². The van der Waals surface area contributed by atoms with E-state index in [4.69, 9.17) is 0 Å². The van der Waals surface area contributed by atoms with Gasteiger partial charge in [-0.05, 0) is 25.0 Å². The van der Waals surface area contributed by atoms with E-state index in [2.05, 4.69) is 32.5 Å². The van der Waals surface area contributed by atoms with Crippen molar-refractivity contribution in [3.63, 3.8) is 0 Å². The maximum atomic E-state index is 3.87. The van der Waals surface area contributed by atoms with Crippen molar-refractivity contribution in [2.24, 2.45) is 0 Å². The summed E-state index contributed by atoms with van der Waals surface area (Å²) in [6, 6.07) is 0. The van der Waals surface area contributed by atoms with E-state index in [1.165, 1.54) is 25.0 Å². The van der Waals surface area contributed by atoms with E-state index in [-0.39, 0.29) is 0 Å². The van der Waals surface area contributed by atoms with Gasteiger partial charge in [-0.3, -0.25) is 0 Å². The van der Waals surface area contributed by atoms with Gasteiger partial charge in [0.15, 0.2) is 0 Å². The number of rotatable bonds is 6. The topological polar surface area (TPSA) is 0 Å². The van der Waals surface area contributed by atoms with Gasteiger partial charge in [-0.2, -0.15) is 11.8 Å². The van der Waals surface area contributed by atoms with Gasteiger partial charge >= 0.3 is 0 Å². The molecule has 0 rings (SSSR count). The van der Waals surface area contributed by atoms with Crippen LogP contribution in [0.15, 0.2) is 0 Å². The predicted molar refractivity (Wildman–Crippen MR) is 51.4 cm³/mol. The molecule has 0 amide bonds. The second-order valence-electron chi connectivity index (χ2n) is 2.54. The first-order valence-electron chi connectivity index (χ1n) is 4.26. The monoisotopic (exact) mass is 159 g/mol. The van der Waals surface area contributed by atoms with Crippen molar-refractivity contribution in [2.75, 3.05) is 5.75 Å². The lowest BCUT2D eigenvalue weighted by atomic mass is 10.2. The minimum absolute atomic E-state index is 0.873. The highest BCUT2D eigenvalue weighted by atomic mass is 32.2. The van der Waals surface area contributed by atoms with Crippen LogP contribution in [0.5, 0.6) is 0 Å². The summed E-state index contributed by atoms with van der Waals surface area (Å²) >= 11 is 2.11. The van der Waals surface area contributed by atoms with Crippen molar-refractivity contribution in [3.05, 3.63) is 6.92 Å². The van der Waals surface area contributed by atoms with Crippen molar-refractivity contribution >= 4 is 11.8 Å². The molecule has 0 aliphatic heterocycles. The number of thioether (sulfide) groups is 1. The SMILES string of the molecule is [CH2]CCC(CC)SCCC. The molecule has 0 aliphatic carbocycles. The minimum atomic E-state index is 0.873. The Morgan fingerprint density at radius 2 is 2.10 bits per heavy atom. The van der Waals surface area contributed by atoms with Gasteiger partial charge < -0.3 is 0 Å². The molecule has 0 saturated carbocycles. The van der Waals surface area contributed by atoms with Crippen LogP contribution in [0.4, 0.5) is 0 Å². The van der Waals surface area contributed by atoms with Gasteiger partial charge in [-0.25, -0.2) is 0 Å². The molecule has 0 heterocycles. The molecule has 0 aromatic heterocycles. The van der Waals surface area contributed by atoms with Crippen molar-refractivity contribution in [3.8, 4) is 0 Å². The lowest BCUT2D eigenvalue weighted by Crippen LogP contribution is -2.00. The largest absolute Gasteiger partial charge is 0.159 e. The molecule has 0 bridgehead atoms. The minimum Gasteiger partial charge on any atom is -0.159 e. The molecule has 10 heavy (non-hydrogen) atoms. The summed E-state index contributed by atoms with van der Waals surface area (Å²) in [6.07, 6.45) is 4.99. The van der Waals surface area contributed by atoms with E-state index in [0.29, 0.717) is 0 Å². The molecule has 61 valence electrons. The van der Waals surface area contributed by atoms with Crippen LogP contribution in [0, 0.1) is 6.92 Å². The fourth-order valence-corrected chi connectivity index (χ4v) is 2.06. The normalized spacial score (nSPS) is 13.5. The second-order valence-corrected chi connectivity index (χ2v) is 3.95. The molecule has 1 unspecified atom stereocenters. The summed E-state index contributed by atoms with van der Waals surface area (Å²) in [5.41, 5.74) is 0. The first-order chi connectivity index (χ1) is 4.85. The maximum Gasteiger partial charge on any atom is 0.00444 e. The Balaban J connectivity index is 3.21. The first kappa shape index (κ1) is 10.3. The van der Waals surface area contributed by atoms with Crippen molar-refractivity contribution in [1.29, 1.82) is 0 Å². The van der Waals surface area contributed by atoms with Gasteiger partial charge in [0.05, 0.1) is 0 Å². The third-order valence-corrected chi connectivity index (χ3v) is 3.22.